The summed E-state index contributed by atoms with van der Waals surface area (Å²) in [5.74, 6) is 0. The van der Waals surface area contributed by atoms with E-state index in [4.69, 9.17) is 5.26 Å². The van der Waals surface area contributed by atoms with Gasteiger partial charge in [0, 0.05) is 37.6 Å². The number of benzene rings is 1. The Kier molecular flexibility index (Phi) is 4.68. The molecule has 0 spiro atoms. The Morgan fingerprint density at radius 3 is 2.42 bits per heavy atom. The van der Waals surface area contributed by atoms with Gasteiger partial charge in [0.05, 0.1) is 12.5 Å². The van der Waals surface area contributed by atoms with E-state index in [0.29, 0.717) is 6.42 Å². The van der Waals surface area contributed by atoms with Crippen LogP contribution in [-0.2, 0) is 0 Å². The maximum atomic E-state index is 8.76. The molecule has 1 atom stereocenters. The van der Waals surface area contributed by atoms with Gasteiger partial charge in [-0.15, -0.1) is 0 Å². The van der Waals surface area contributed by atoms with E-state index in [1.165, 1.54) is 43.7 Å². The van der Waals surface area contributed by atoms with Crippen molar-refractivity contribution in [2.75, 3.05) is 29.9 Å². The number of nitriles is 1. The highest BCUT2D eigenvalue weighted by Crippen LogP contribution is 2.24. The Hall–Kier alpha value is -1.69. The molecule has 0 aromatic heterocycles. The SMILES string of the molecule is CC(CC#N)N(C)c1ccc(N2CCCCC2)cc1. The first-order valence-electron chi connectivity index (χ1n) is 7.17. The minimum atomic E-state index is 0.255. The highest BCUT2D eigenvalue weighted by Gasteiger charge is 2.12. The van der Waals surface area contributed by atoms with Crippen molar-refractivity contribution in [1.29, 1.82) is 5.26 Å². The summed E-state index contributed by atoms with van der Waals surface area (Å²) in [6.07, 6.45) is 4.54. The number of hydrogen-bond acceptors (Lipinski definition) is 3. The van der Waals surface area contributed by atoms with Gasteiger partial charge in [-0.3, -0.25) is 0 Å². The molecule has 2 rings (SSSR count). The third-order valence-electron chi connectivity index (χ3n) is 4.03. The normalized spacial score (nSPS) is 16.8. The summed E-state index contributed by atoms with van der Waals surface area (Å²) in [6.45, 7) is 4.45. The number of nitrogens with zero attached hydrogens (tertiary/aromatic N) is 3. The quantitative estimate of drug-likeness (QED) is 0.828. The highest BCUT2D eigenvalue weighted by molar-refractivity contribution is 5.56. The first-order chi connectivity index (χ1) is 9.22. The van der Waals surface area contributed by atoms with Crippen LogP contribution in [0.15, 0.2) is 24.3 Å². The van der Waals surface area contributed by atoms with Gasteiger partial charge in [-0.05, 0) is 50.5 Å². The molecule has 0 saturated carbocycles. The minimum Gasteiger partial charge on any atom is -0.372 e. The fraction of sp³-hybridized carbons (Fsp3) is 0.562. The smallest absolute Gasteiger partial charge is 0.0643 e. The zero-order valence-electron chi connectivity index (χ0n) is 12.0. The van der Waals surface area contributed by atoms with E-state index in [2.05, 4.69) is 54.1 Å². The van der Waals surface area contributed by atoms with Crippen LogP contribution in [0, 0.1) is 11.3 Å². The third kappa shape index (κ3) is 3.41. The molecule has 0 radical (unpaired) electrons. The topological polar surface area (TPSA) is 30.3 Å². The van der Waals surface area contributed by atoms with Crippen molar-refractivity contribution in [3.05, 3.63) is 24.3 Å². The highest BCUT2D eigenvalue weighted by atomic mass is 15.1. The fourth-order valence-corrected chi connectivity index (χ4v) is 2.57. The van der Waals surface area contributed by atoms with Crippen LogP contribution in [0.3, 0.4) is 0 Å². The Bertz CT molecular complexity index is 426. The Balaban J connectivity index is 2.03. The molecule has 0 bridgehead atoms. The van der Waals surface area contributed by atoms with Crippen LogP contribution in [0.4, 0.5) is 11.4 Å². The largest absolute Gasteiger partial charge is 0.372 e. The van der Waals surface area contributed by atoms with Gasteiger partial charge < -0.3 is 9.80 Å². The lowest BCUT2D eigenvalue weighted by molar-refractivity contribution is 0.578. The van der Waals surface area contributed by atoms with Crippen molar-refractivity contribution in [2.24, 2.45) is 0 Å². The van der Waals surface area contributed by atoms with Gasteiger partial charge in [0.15, 0.2) is 0 Å². The van der Waals surface area contributed by atoms with Crippen molar-refractivity contribution in [3.63, 3.8) is 0 Å². The van der Waals surface area contributed by atoms with Crippen molar-refractivity contribution in [1.82, 2.24) is 0 Å². The summed E-state index contributed by atoms with van der Waals surface area (Å²) in [7, 11) is 2.05. The molecule has 3 heteroatoms. The van der Waals surface area contributed by atoms with Crippen LogP contribution >= 0.6 is 0 Å². The number of rotatable bonds is 4. The predicted octanol–water partition coefficient (Wildman–Crippen LogP) is 3.42. The maximum Gasteiger partial charge on any atom is 0.0643 e. The number of piperidine rings is 1. The summed E-state index contributed by atoms with van der Waals surface area (Å²) in [6, 6.07) is 11.2. The van der Waals surface area contributed by atoms with Gasteiger partial charge >= 0.3 is 0 Å². The summed E-state index contributed by atoms with van der Waals surface area (Å²) >= 11 is 0. The van der Waals surface area contributed by atoms with Gasteiger partial charge in [-0.25, -0.2) is 0 Å². The van der Waals surface area contributed by atoms with E-state index in [-0.39, 0.29) is 6.04 Å². The second-order valence-corrected chi connectivity index (χ2v) is 5.39. The molecular formula is C16H23N3. The predicted molar refractivity (Wildman–Crippen MR) is 80.6 cm³/mol. The first kappa shape index (κ1) is 13.7. The summed E-state index contributed by atoms with van der Waals surface area (Å²) in [5, 5.41) is 8.76. The van der Waals surface area contributed by atoms with Gasteiger partial charge in [0.2, 0.25) is 0 Å². The molecule has 1 fully saturated rings. The van der Waals surface area contributed by atoms with Crippen molar-refractivity contribution >= 4 is 11.4 Å². The van der Waals surface area contributed by atoms with E-state index in [1.54, 1.807) is 0 Å². The van der Waals surface area contributed by atoms with Gasteiger partial charge in [-0.2, -0.15) is 5.26 Å². The average Bonchev–Trinajstić information content (AvgIpc) is 2.48. The molecule has 1 aliphatic rings. The van der Waals surface area contributed by atoms with Crippen LogP contribution in [-0.4, -0.2) is 26.2 Å². The third-order valence-corrected chi connectivity index (χ3v) is 4.03. The fourth-order valence-electron chi connectivity index (χ4n) is 2.57. The number of anilines is 2. The standard InChI is InChI=1S/C16H23N3/c1-14(10-11-17)18(2)15-6-8-16(9-7-15)19-12-4-3-5-13-19/h6-9,14H,3-5,10,12-13H2,1-2H3. The molecular weight excluding hydrogens is 234 g/mol. The maximum absolute atomic E-state index is 8.76. The lowest BCUT2D eigenvalue weighted by Gasteiger charge is -2.30. The Labute approximate surface area is 116 Å². The zero-order chi connectivity index (χ0) is 13.7. The lowest BCUT2D eigenvalue weighted by atomic mass is 10.1. The molecule has 1 aliphatic heterocycles. The van der Waals surface area contributed by atoms with Gasteiger partial charge in [0.1, 0.15) is 0 Å². The zero-order valence-corrected chi connectivity index (χ0v) is 12.0. The molecule has 1 unspecified atom stereocenters. The first-order valence-corrected chi connectivity index (χ1v) is 7.17. The van der Waals surface area contributed by atoms with Crippen LogP contribution in [0.1, 0.15) is 32.6 Å². The molecule has 1 saturated heterocycles. The molecule has 0 amide bonds. The van der Waals surface area contributed by atoms with Gasteiger partial charge in [0.25, 0.3) is 0 Å². The summed E-state index contributed by atoms with van der Waals surface area (Å²) in [5.41, 5.74) is 2.51. The molecule has 19 heavy (non-hydrogen) atoms. The molecule has 102 valence electrons. The van der Waals surface area contributed by atoms with E-state index in [9.17, 15) is 0 Å². The molecule has 0 N–H and O–H groups in total. The Morgan fingerprint density at radius 2 is 1.84 bits per heavy atom. The van der Waals surface area contributed by atoms with E-state index in [0.717, 1.165) is 0 Å². The van der Waals surface area contributed by atoms with Crippen LogP contribution in [0.5, 0.6) is 0 Å². The van der Waals surface area contributed by atoms with E-state index < -0.39 is 0 Å². The van der Waals surface area contributed by atoms with Crippen LogP contribution < -0.4 is 9.80 Å². The van der Waals surface area contributed by atoms with E-state index in [1.807, 2.05) is 0 Å². The number of hydrogen-bond donors (Lipinski definition) is 0. The second kappa shape index (κ2) is 6.47. The van der Waals surface area contributed by atoms with Crippen LogP contribution in [0.2, 0.25) is 0 Å². The minimum absolute atomic E-state index is 0.255. The van der Waals surface area contributed by atoms with Crippen LogP contribution in [0.25, 0.3) is 0 Å². The molecule has 3 nitrogen and oxygen atoms in total. The molecule has 1 heterocycles. The molecule has 1 aromatic rings. The lowest BCUT2D eigenvalue weighted by Crippen LogP contribution is -2.30. The monoisotopic (exact) mass is 257 g/mol. The van der Waals surface area contributed by atoms with E-state index >= 15 is 0 Å². The molecule has 1 aromatic carbocycles. The molecule has 0 aliphatic carbocycles. The van der Waals surface area contributed by atoms with Crippen molar-refractivity contribution in [3.8, 4) is 6.07 Å². The van der Waals surface area contributed by atoms with Gasteiger partial charge in [-0.1, -0.05) is 0 Å². The van der Waals surface area contributed by atoms with Crippen molar-refractivity contribution in [2.45, 2.75) is 38.6 Å². The summed E-state index contributed by atoms with van der Waals surface area (Å²) in [4.78, 5) is 4.63. The average molecular weight is 257 g/mol. The van der Waals surface area contributed by atoms with Crippen molar-refractivity contribution < 1.29 is 0 Å². The Morgan fingerprint density at radius 1 is 1.21 bits per heavy atom. The second-order valence-electron chi connectivity index (χ2n) is 5.39. The summed E-state index contributed by atoms with van der Waals surface area (Å²) < 4.78 is 0.